The van der Waals surface area contributed by atoms with Crippen molar-refractivity contribution < 1.29 is 8.91 Å². The number of carbonyl (C=O) groups excluding carboxylic acids is 1. The maximum atomic E-state index is 12.2. The van der Waals surface area contributed by atoms with Crippen LogP contribution in [0.25, 0.3) is 0 Å². The fourth-order valence-corrected chi connectivity index (χ4v) is 2.39. The largest absolute Gasteiger partial charge is 0.454 e. The Morgan fingerprint density at radius 3 is 2.76 bits per heavy atom. The number of pyridine rings is 1. The molecule has 0 N–H and O–H groups in total. The Kier molecular flexibility index (Phi) is 3.97. The molecule has 0 amide bonds. The van der Waals surface area contributed by atoms with Gasteiger partial charge < -0.3 is 4.12 Å². The molecule has 81 valence electrons. The highest BCUT2D eigenvalue weighted by Gasteiger charge is 2.13. The lowest BCUT2D eigenvalue weighted by Gasteiger charge is -2.06. The highest BCUT2D eigenvalue weighted by atomic mass is 28.3. The summed E-state index contributed by atoms with van der Waals surface area (Å²) in [6.07, 6.45) is 3.21. The van der Waals surface area contributed by atoms with Crippen molar-refractivity contribution in [3.8, 4) is 0 Å². The molecule has 0 saturated carbocycles. The standard InChI is InChI=1S/C12H8NO2Si2/c14-12(9-4-3-7-13-8-9)10-5-1-2-6-11(10)17-15-16/h1-8H. The molecule has 2 rings (SSSR count). The van der Waals surface area contributed by atoms with Crippen molar-refractivity contribution >= 4 is 31.2 Å². The fourth-order valence-electron chi connectivity index (χ4n) is 1.48. The number of nitrogens with zero attached hydrogens (tertiary/aromatic N) is 1. The molecule has 0 bridgehead atoms. The van der Waals surface area contributed by atoms with Gasteiger partial charge in [0.1, 0.15) is 0 Å². The Morgan fingerprint density at radius 1 is 1.24 bits per heavy atom. The smallest absolute Gasteiger partial charge is 0.257 e. The van der Waals surface area contributed by atoms with E-state index in [9.17, 15) is 4.79 Å². The molecule has 3 nitrogen and oxygen atoms in total. The summed E-state index contributed by atoms with van der Waals surface area (Å²) in [5.41, 5.74) is 1.23. The zero-order valence-corrected chi connectivity index (χ0v) is 10.9. The molecule has 2 aromatic rings. The van der Waals surface area contributed by atoms with Crippen molar-refractivity contribution in [2.24, 2.45) is 0 Å². The second kappa shape index (κ2) is 5.67. The molecule has 1 heterocycles. The van der Waals surface area contributed by atoms with E-state index in [0.29, 0.717) is 11.1 Å². The first-order valence-corrected chi connectivity index (χ1v) is 6.27. The van der Waals surface area contributed by atoms with Gasteiger partial charge in [-0.05, 0) is 17.3 Å². The lowest BCUT2D eigenvalue weighted by atomic mass is 10.1. The molecule has 0 aliphatic carbocycles. The first-order valence-electron chi connectivity index (χ1n) is 4.95. The Morgan fingerprint density at radius 2 is 2.06 bits per heavy atom. The summed E-state index contributed by atoms with van der Waals surface area (Å²) < 4.78 is 4.92. The Labute approximate surface area is 105 Å². The summed E-state index contributed by atoms with van der Waals surface area (Å²) in [6.45, 7) is 0. The third-order valence-electron chi connectivity index (χ3n) is 2.26. The second-order valence-electron chi connectivity index (χ2n) is 3.32. The molecule has 0 spiro atoms. The van der Waals surface area contributed by atoms with Crippen LogP contribution >= 0.6 is 0 Å². The van der Waals surface area contributed by atoms with E-state index in [1.54, 1.807) is 30.6 Å². The number of ketones is 1. The Balaban J connectivity index is 2.37. The van der Waals surface area contributed by atoms with E-state index in [4.69, 9.17) is 4.12 Å². The van der Waals surface area contributed by atoms with Gasteiger partial charge in [0.05, 0.1) is 0 Å². The van der Waals surface area contributed by atoms with Crippen LogP contribution in [-0.2, 0) is 4.12 Å². The van der Waals surface area contributed by atoms with Gasteiger partial charge in [-0.15, -0.1) is 0 Å². The SMILES string of the molecule is O=C(c1cccnc1)c1ccccc1[Si]O[Si]. The van der Waals surface area contributed by atoms with Crippen LogP contribution in [0, 0.1) is 0 Å². The van der Waals surface area contributed by atoms with Gasteiger partial charge in [-0.1, -0.05) is 24.3 Å². The van der Waals surface area contributed by atoms with Gasteiger partial charge in [-0.2, -0.15) is 0 Å². The first-order chi connectivity index (χ1) is 8.33. The van der Waals surface area contributed by atoms with Crippen molar-refractivity contribution in [3.63, 3.8) is 0 Å². The molecule has 0 saturated heterocycles. The zero-order valence-electron chi connectivity index (χ0n) is 8.88. The Hall–Kier alpha value is -1.57. The lowest BCUT2D eigenvalue weighted by molar-refractivity contribution is 0.103. The topological polar surface area (TPSA) is 39.2 Å². The first kappa shape index (κ1) is 11.9. The highest BCUT2D eigenvalue weighted by molar-refractivity contribution is 6.53. The van der Waals surface area contributed by atoms with Crippen LogP contribution < -0.4 is 5.19 Å². The van der Waals surface area contributed by atoms with Gasteiger partial charge in [0.15, 0.2) is 5.78 Å². The van der Waals surface area contributed by atoms with Gasteiger partial charge in [-0.25, -0.2) is 0 Å². The molecular formula is C12H8NO2Si2. The number of hydrogen-bond acceptors (Lipinski definition) is 3. The summed E-state index contributed by atoms with van der Waals surface area (Å²) in [4.78, 5) is 16.2. The van der Waals surface area contributed by atoms with Crippen LogP contribution in [0.5, 0.6) is 0 Å². The van der Waals surface area contributed by atoms with Crippen LogP contribution in [0.2, 0.25) is 0 Å². The quantitative estimate of drug-likeness (QED) is 0.594. The molecule has 1 aromatic carbocycles. The molecule has 0 unspecified atom stereocenters. The van der Waals surface area contributed by atoms with E-state index in [1.165, 1.54) is 0 Å². The van der Waals surface area contributed by atoms with Gasteiger partial charge >= 0.3 is 0 Å². The number of carbonyl (C=O) groups is 1. The van der Waals surface area contributed by atoms with Crippen LogP contribution in [0.1, 0.15) is 15.9 Å². The number of aromatic nitrogens is 1. The van der Waals surface area contributed by atoms with Crippen molar-refractivity contribution in [3.05, 3.63) is 59.9 Å². The van der Waals surface area contributed by atoms with Crippen molar-refractivity contribution in [1.29, 1.82) is 0 Å². The maximum Gasteiger partial charge on any atom is 0.257 e. The maximum absolute atomic E-state index is 12.2. The molecule has 17 heavy (non-hydrogen) atoms. The molecule has 0 fully saturated rings. The van der Waals surface area contributed by atoms with Gasteiger partial charge in [0.25, 0.3) is 9.76 Å². The second-order valence-corrected chi connectivity index (χ2v) is 4.88. The number of hydrogen-bond donors (Lipinski definition) is 0. The van der Waals surface area contributed by atoms with E-state index in [-0.39, 0.29) is 15.5 Å². The summed E-state index contributed by atoms with van der Waals surface area (Å²) in [5.74, 6) is -0.0371. The fraction of sp³-hybridized carbons (Fsp3) is 0. The monoisotopic (exact) mass is 254 g/mol. The molecule has 0 atom stereocenters. The summed E-state index contributed by atoms with van der Waals surface area (Å²) >= 11 is 0. The van der Waals surface area contributed by atoms with Crippen LogP contribution in [0.15, 0.2) is 48.8 Å². The average Bonchev–Trinajstić information content (AvgIpc) is 2.40. The third-order valence-corrected chi connectivity index (χ3v) is 3.32. The third kappa shape index (κ3) is 2.76. The minimum absolute atomic E-state index is 0.0371. The molecule has 5 radical (unpaired) electrons. The summed E-state index contributed by atoms with van der Waals surface area (Å²) in [5, 5.41) is 0.872. The highest BCUT2D eigenvalue weighted by Crippen LogP contribution is 2.06. The van der Waals surface area contributed by atoms with Gasteiger partial charge in [0.2, 0.25) is 10.5 Å². The lowest BCUT2D eigenvalue weighted by Crippen LogP contribution is -2.24. The minimum Gasteiger partial charge on any atom is -0.454 e. The average molecular weight is 254 g/mol. The molecule has 5 heteroatoms. The predicted octanol–water partition coefficient (Wildman–Crippen LogP) is 0.657. The predicted molar refractivity (Wildman–Crippen MR) is 66.3 cm³/mol. The van der Waals surface area contributed by atoms with E-state index in [1.807, 2.05) is 18.2 Å². The van der Waals surface area contributed by atoms with Gasteiger partial charge in [0, 0.05) is 23.5 Å². The van der Waals surface area contributed by atoms with E-state index in [0.717, 1.165) is 5.19 Å². The van der Waals surface area contributed by atoms with Gasteiger partial charge in [-0.3, -0.25) is 9.78 Å². The minimum atomic E-state index is -0.0371. The molecule has 0 aliphatic heterocycles. The van der Waals surface area contributed by atoms with Crippen LogP contribution in [0.3, 0.4) is 0 Å². The van der Waals surface area contributed by atoms with E-state index < -0.39 is 0 Å². The zero-order chi connectivity index (χ0) is 12.1. The van der Waals surface area contributed by atoms with E-state index in [2.05, 4.69) is 15.5 Å². The van der Waals surface area contributed by atoms with Crippen molar-refractivity contribution in [2.75, 3.05) is 0 Å². The molecule has 1 aromatic heterocycles. The van der Waals surface area contributed by atoms with E-state index >= 15 is 0 Å². The molecular weight excluding hydrogens is 246 g/mol. The normalized spacial score (nSPS) is 10.2. The Bertz CT molecular complexity index is 517. The van der Waals surface area contributed by atoms with Crippen LogP contribution in [0.4, 0.5) is 0 Å². The number of rotatable bonds is 4. The van der Waals surface area contributed by atoms with Crippen molar-refractivity contribution in [1.82, 2.24) is 4.98 Å². The molecule has 0 aliphatic rings. The van der Waals surface area contributed by atoms with Crippen molar-refractivity contribution in [2.45, 2.75) is 0 Å². The number of benzene rings is 1. The summed E-state index contributed by atoms with van der Waals surface area (Å²) in [6, 6.07) is 10.9. The summed E-state index contributed by atoms with van der Waals surface area (Å²) in [7, 11) is 3.06. The van der Waals surface area contributed by atoms with Crippen LogP contribution in [-0.4, -0.2) is 31.0 Å².